The Labute approximate surface area is 131 Å². The molecule has 1 aromatic heterocycles. The highest BCUT2D eigenvalue weighted by atomic mass is 16.5. The number of nitrogens with one attached hydrogen (secondary N) is 1. The lowest BCUT2D eigenvalue weighted by Crippen LogP contribution is -2.39. The van der Waals surface area contributed by atoms with Gasteiger partial charge in [0.25, 0.3) is 0 Å². The SMILES string of the molecule is Nc1cc(N2CCCCC2)nc(NCCN2CCOCC2)n1. The average molecular weight is 306 g/mol. The summed E-state index contributed by atoms with van der Waals surface area (Å²) in [6.45, 7) is 7.57. The van der Waals surface area contributed by atoms with E-state index in [1.807, 2.05) is 6.07 Å². The van der Waals surface area contributed by atoms with Crippen molar-refractivity contribution in [2.45, 2.75) is 19.3 Å². The highest BCUT2D eigenvalue weighted by Gasteiger charge is 2.14. The van der Waals surface area contributed by atoms with Gasteiger partial charge in [-0.3, -0.25) is 4.90 Å². The Morgan fingerprint density at radius 1 is 1.09 bits per heavy atom. The third-order valence-corrected chi connectivity index (χ3v) is 4.23. The van der Waals surface area contributed by atoms with Crippen LogP contribution in [-0.2, 0) is 4.74 Å². The zero-order chi connectivity index (χ0) is 15.2. The van der Waals surface area contributed by atoms with Gasteiger partial charge in [0.05, 0.1) is 13.2 Å². The fraction of sp³-hybridized carbons (Fsp3) is 0.733. The van der Waals surface area contributed by atoms with Gasteiger partial charge in [-0.05, 0) is 19.3 Å². The minimum atomic E-state index is 0.532. The Hall–Kier alpha value is -1.60. The Morgan fingerprint density at radius 2 is 1.86 bits per heavy atom. The average Bonchev–Trinajstić information content (AvgIpc) is 2.56. The first-order chi connectivity index (χ1) is 10.8. The van der Waals surface area contributed by atoms with Gasteiger partial charge in [-0.1, -0.05) is 0 Å². The molecule has 1 aromatic rings. The summed E-state index contributed by atoms with van der Waals surface area (Å²) in [7, 11) is 0. The van der Waals surface area contributed by atoms with Gasteiger partial charge in [0.2, 0.25) is 5.95 Å². The maximum atomic E-state index is 5.94. The number of ether oxygens (including phenoxy) is 1. The summed E-state index contributed by atoms with van der Waals surface area (Å²) >= 11 is 0. The lowest BCUT2D eigenvalue weighted by Gasteiger charge is -2.28. The third-order valence-electron chi connectivity index (χ3n) is 4.23. The van der Waals surface area contributed by atoms with Crippen molar-refractivity contribution in [3.05, 3.63) is 6.07 Å². The fourth-order valence-electron chi connectivity index (χ4n) is 2.97. The molecular formula is C15H26N6O. The largest absolute Gasteiger partial charge is 0.383 e. The molecule has 2 saturated heterocycles. The molecule has 2 aliphatic rings. The molecule has 122 valence electrons. The van der Waals surface area contributed by atoms with Crippen LogP contribution < -0.4 is 16.0 Å². The van der Waals surface area contributed by atoms with Crippen molar-refractivity contribution < 1.29 is 4.74 Å². The smallest absolute Gasteiger partial charge is 0.226 e. The molecule has 7 heteroatoms. The number of nitrogen functional groups attached to an aromatic ring is 1. The topological polar surface area (TPSA) is 79.5 Å². The lowest BCUT2D eigenvalue weighted by atomic mass is 10.1. The van der Waals surface area contributed by atoms with E-state index in [1.54, 1.807) is 0 Å². The summed E-state index contributed by atoms with van der Waals surface area (Å²) in [6.07, 6.45) is 3.76. The standard InChI is InChI=1S/C15H26N6O/c16-13-12-14(21-5-2-1-3-6-21)19-15(18-13)17-4-7-20-8-10-22-11-9-20/h12H,1-11H2,(H3,16,17,18,19). The van der Waals surface area contributed by atoms with Crippen molar-refractivity contribution >= 4 is 17.6 Å². The van der Waals surface area contributed by atoms with Gasteiger partial charge < -0.3 is 20.7 Å². The van der Waals surface area contributed by atoms with Crippen LogP contribution in [0.15, 0.2) is 6.07 Å². The molecule has 7 nitrogen and oxygen atoms in total. The van der Waals surface area contributed by atoms with Crippen LogP contribution >= 0.6 is 0 Å². The first-order valence-corrected chi connectivity index (χ1v) is 8.25. The first kappa shape index (κ1) is 15.3. The van der Waals surface area contributed by atoms with Gasteiger partial charge >= 0.3 is 0 Å². The summed E-state index contributed by atoms with van der Waals surface area (Å²) in [5.74, 6) is 2.11. The van der Waals surface area contributed by atoms with Gasteiger partial charge in [-0.15, -0.1) is 0 Å². The van der Waals surface area contributed by atoms with Crippen molar-refractivity contribution in [3.8, 4) is 0 Å². The minimum Gasteiger partial charge on any atom is -0.383 e. The predicted octanol–water partition coefficient (Wildman–Crippen LogP) is 0.793. The quantitative estimate of drug-likeness (QED) is 0.832. The Bertz CT molecular complexity index is 471. The predicted molar refractivity (Wildman–Crippen MR) is 88.3 cm³/mol. The Balaban J connectivity index is 1.54. The molecule has 0 bridgehead atoms. The van der Waals surface area contributed by atoms with E-state index in [1.165, 1.54) is 19.3 Å². The maximum absolute atomic E-state index is 5.94. The van der Waals surface area contributed by atoms with Gasteiger partial charge in [-0.2, -0.15) is 9.97 Å². The summed E-state index contributed by atoms with van der Waals surface area (Å²) < 4.78 is 5.35. The number of nitrogens with zero attached hydrogens (tertiary/aromatic N) is 4. The molecule has 0 radical (unpaired) electrons. The van der Waals surface area contributed by atoms with Gasteiger partial charge in [0, 0.05) is 45.3 Å². The van der Waals surface area contributed by atoms with Crippen LogP contribution in [0.2, 0.25) is 0 Å². The number of morpholine rings is 1. The molecule has 2 fully saturated rings. The molecule has 3 rings (SSSR count). The van der Waals surface area contributed by atoms with Crippen molar-refractivity contribution in [2.24, 2.45) is 0 Å². The van der Waals surface area contributed by atoms with E-state index in [-0.39, 0.29) is 0 Å². The summed E-state index contributed by atoms with van der Waals surface area (Å²) in [6, 6.07) is 1.87. The molecule has 2 aliphatic heterocycles. The van der Waals surface area contributed by atoms with E-state index < -0.39 is 0 Å². The van der Waals surface area contributed by atoms with Crippen LogP contribution in [0.5, 0.6) is 0 Å². The lowest BCUT2D eigenvalue weighted by molar-refractivity contribution is 0.0398. The van der Waals surface area contributed by atoms with Crippen LogP contribution in [0.3, 0.4) is 0 Å². The highest BCUT2D eigenvalue weighted by molar-refractivity contribution is 5.51. The van der Waals surface area contributed by atoms with E-state index in [0.717, 1.165) is 58.3 Å². The van der Waals surface area contributed by atoms with Gasteiger partial charge in [0.1, 0.15) is 11.6 Å². The zero-order valence-corrected chi connectivity index (χ0v) is 13.1. The van der Waals surface area contributed by atoms with Gasteiger partial charge in [0.15, 0.2) is 0 Å². The number of nitrogens with two attached hydrogens (primary N) is 1. The third kappa shape index (κ3) is 4.20. The minimum absolute atomic E-state index is 0.532. The molecule has 0 amide bonds. The molecule has 0 unspecified atom stereocenters. The normalized spacial score (nSPS) is 20.1. The Morgan fingerprint density at radius 3 is 2.64 bits per heavy atom. The van der Waals surface area contributed by atoms with Crippen LogP contribution in [-0.4, -0.2) is 67.4 Å². The number of anilines is 3. The highest BCUT2D eigenvalue weighted by Crippen LogP contribution is 2.20. The van der Waals surface area contributed by atoms with Crippen LogP contribution in [0.25, 0.3) is 0 Å². The number of hydrogen-bond donors (Lipinski definition) is 2. The monoisotopic (exact) mass is 306 g/mol. The molecule has 3 heterocycles. The molecule has 0 saturated carbocycles. The van der Waals surface area contributed by atoms with E-state index >= 15 is 0 Å². The van der Waals surface area contributed by atoms with Gasteiger partial charge in [-0.25, -0.2) is 0 Å². The summed E-state index contributed by atoms with van der Waals surface area (Å²) in [4.78, 5) is 13.6. The fourth-order valence-corrected chi connectivity index (χ4v) is 2.97. The first-order valence-electron chi connectivity index (χ1n) is 8.25. The number of aromatic nitrogens is 2. The van der Waals surface area contributed by atoms with E-state index in [9.17, 15) is 0 Å². The van der Waals surface area contributed by atoms with Crippen molar-refractivity contribution in [3.63, 3.8) is 0 Å². The molecule has 0 aliphatic carbocycles. The number of rotatable bonds is 5. The van der Waals surface area contributed by atoms with Crippen molar-refractivity contribution in [1.82, 2.24) is 14.9 Å². The summed E-state index contributed by atoms with van der Waals surface area (Å²) in [5.41, 5.74) is 5.94. The van der Waals surface area contributed by atoms with Crippen molar-refractivity contribution in [2.75, 3.05) is 68.4 Å². The molecular weight excluding hydrogens is 280 g/mol. The maximum Gasteiger partial charge on any atom is 0.226 e. The van der Waals surface area contributed by atoms with E-state index in [0.29, 0.717) is 11.8 Å². The number of piperidine rings is 1. The van der Waals surface area contributed by atoms with Crippen LogP contribution in [0.1, 0.15) is 19.3 Å². The molecule has 0 spiro atoms. The van der Waals surface area contributed by atoms with E-state index in [2.05, 4.69) is 25.1 Å². The summed E-state index contributed by atoms with van der Waals surface area (Å²) in [5, 5.41) is 3.30. The molecule has 3 N–H and O–H groups in total. The van der Waals surface area contributed by atoms with Crippen molar-refractivity contribution in [1.29, 1.82) is 0 Å². The zero-order valence-electron chi connectivity index (χ0n) is 13.1. The molecule has 0 aromatic carbocycles. The van der Waals surface area contributed by atoms with Crippen LogP contribution in [0.4, 0.5) is 17.6 Å². The van der Waals surface area contributed by atoms with Crippen LogP contribution in [0, 0.1) is 0 Å². The molecule has 22 heavy (non-hydrogen) atoms. The number of hydrogen-bond acceptors (Lipinski definition) is 7. The molecule has 0 atom stereocenters. The second-order valence-electron chi connectivity index (χ2n) is 5.90. The second kappa shape index (κ2) is 7.60. The second-order valence-corrected chi connectivity index (χ2v) is 5.90. The Kier molecular flexibility index (Phi) is 5.29. The van der Waals surface area contributed by atoms with E-state index in [4.69, 9.17) is 10.5 Å².